The van der Waals surface area contributed by atoms with Gasteiger partial charge in [-0.1, -0.05) is 5.16 Å². The molecule has 0 amide bonds. The lowest BCUT2D eigenvalue weighted by Crippen LogP contribution is -2.28. The molecule has 0 unspecified atom stereocenters. The van der Waals surface area contributed by atoms with Gasteiger partial charge in [-0.25, -0.2) is 0 Å². The van der Waals surface area contributed by atoms with Gasteiger partial charge in [-0.15, -0.1) is 0 Å². The van der Waals surface area contributed by atoms with E-state index in [1.807, 2.05) is 0 Å². The van der Waals surface area contributed by atoms with Crippen LogP contribution in [0.1, 0.15) is 25.7 Å². The Balaban J connectivity index is 2.64. The van der Waals surface area contributed by atoms with Crippen molar-refractivity contribution in [2.75, 3.05) is 0 Å². The monoisotopic (exact) mass is 200 g/mol. The summed E-state index contributed by atoms with van der Waals surface area (Å²) in [5.74, 6) is 0. The average molecular weight is 200 g/mol. The summed E-state index contributed by atoms with van der Waals surface area (Å²) < 4.78 is 0. The molecule has 0 aromatic carbocycles. The number of hydrazone groups is 1. The van der Waals surface area contributed by atoms with E-state index in [-0.39, 0.29) is 5.11 Å². The molecule has 0 bridgehead atoms. The van der Waals surface area contributed by atoms with Crippen molar-refractivity contribution in [3.8, 4) is 0 Å². The molecule has 0 spiro atoms. The summed E-state index contributed by atoms with van der Waals surface area (Å²) in [6.45, 7) is 0. The molecular weight excluding hydrogens is 188 g/mol. The van der Waals surface area contributed by atoms with Gasteiger partial charge in [0.15, 0.2) is 5.11 Å². The predicted octanol–water partition coefficient (Wildman–Crippen LogP) is 0.580. The molecular formula is C7H12N4OS. The first-order valence-electron chi connectivity index (χ1n) is 4.07. The molecule has 6 heteroatoms. The highest BCUT2D eigenvalue weighted by molar-refractivity contribution is 7.80. The van der Waals surface area contributed by atoms with E-state index in [9.17, 15) is 0 Å². The summed E-state index contributed by atoms with van der Waals surface area (Å²) in [7, 11) is 0. The highest BCUT2D eigenvalue weighted by Gasteiger charge is 2.15. The van der Waals surface area contributed by atoms with Crippen LogP contribution in [0.25, 0.3) is 0 Å². The smallest absolute Gasteiger partial charge is 0.184 e. The van der Waals surface area contributed by atoms with E-state index in [2.05, 4.69) is 27.9 Å². The van der Waals surface area contributed by atoms with Gasteiger partial charge in [0.25, 0.3) is 0 Å². The summed E-state index contributed by atoms with van der Waals surface area (Å²) in [6.07, 6.45) is 3.64. The Kier molecular flexibility index (Phi) is 3.63. The fraction of sp³-hybridized carbons (Fsp3) is 0.571. The van der Waals surface area contributed by atoms with Crippen molar-refractivity contribution >= 4 is 28.8 Å². The maximum atomic E-state index is 8.64. The van der Waals surface area contributed by atoms with Gasteiger partial charge >= 0.3 is 0 Å². The fourth-order valence-corrected chi connectivity index (χ4v) is 1.27. The summed E-state index contributed by atoms with van der Waals surface area (Å²) in [6, 6.07) is 0. The van der Waals surface area contributed by atoms with Gasteiger partial charge in [-0.2, -0.15) is 5.10 Å². The van der Waals surface area contributed by atoms with Crippen molar-refractivity contribution in [3.63, 3.8) is 0 Å². The first kappa shape index (κ1) is 9.91. The maximum Gasteiger partial charge on any atom is 0.184 e. The van der Waals surface area contributed by atoms with Crippen LogP contribution < -0.4 is 11.2 Å². The van der Waals surface area contributed by atoms with Crippen LogP contribution in [0.2, 0.25) is 0 Å². The van der Waals surface area contributed by atoms with E-state index < -0.39 is 0 Å². The van der Waals surface area contributed by atoms with E-state index in [4.69, 9.17) is 10.9 Å². The van der Waals surface area contributed by atoms with Gasteiger partial charge < -0.3 is 10.9 Å². The number of oxime groups is 1. The molecule has 1 aliphatic carbocycles. The van der Waals surface area contributed by atoms with E-state index in [1.165, 1.54) is 0 Å². The first-order chi connectivity index (χ1) is 6.24. The zero-order valence-electron chi connectivity index (χ0n) is 7.16. The van der Waals surface area contributed by atoms with Crippen LogP contribution in [-0.4, -0.2) is 21.7 Å². The zero-order valence-corrected chi connectivity index (χ0v) is 7.97. The van der Waals surface area contributed by atoms with Crippen molar-refractivity contribution < 1.29 is 5.21 Å². The molecule has 0 aromatic heterocycles. The minimum atomic E-state index is 0.121. The van der Waals surface area contributed by atoms with Crippen molar-refractivity contribution in [2.24, 2.45) is 16.0 Å². The number of hydrogen-bond donors (Lipinski definition) is 3. The number of nitrogens with zero attached hydrogens (tertiary/aromatic N) is 2. The van der Waals surface area contributed by atoms with Crippen molar-refractivity contribution in [3.05, 3.63) is 0 Å². The molecule has 0 atom stereocenters. The van der Waals surface area contributed by atoms with Crippen molar-refractivity contribution in [2.45, 2.75) is 25.7 Å². The third-order valence-corrected chi connectivity index (χ3v) is 1.92. The SMILES string of the molecule is NC(=S)NN=C1CCCCC1=NO. The van der Waals surface area contributed by atoms with Crippen LogP contribution in [0.5, 0.6) is 0 Å². The highest BCUT2D eigenvalue weighted by Crippen LogP contribution is 2.12. The third-order valence-electron chi connectivity index (χ3n) is 1.83. The Morgan fingerprint density at radius 3 is 2.54 bits per heavy atom. The van der Waals surface area contributed by atoms with Crippen molar-refractivity contribution in [1.82, 2.24) is 5.43 Å². The Labute approximate surface area is 81.7 Å². The second kappa shape index (κ2) is 4.76. The van der Waals surface area contributed by atoms with Gasteiger partial charge in [0.2, 0.25) is 0 Å². The number of thiocarbonyl (C=S) groups is 1. The number of nitrogens with one attached hydrogen (secondary N) is 1. The van der Waals surface area contributed by atoms with Crippen LogP contribution in [0, 0.1) is 0 Å². The second-order valence-corrected chi connectivity index (χ2v) is 3.23. The number of rotatable bonds is 1. The topological polar surface area (TPSA) is 83.0 Å². The normalized spacial score (nSPS) is 23.4. The second-order valence-electron chi connectivity index (χ2n) is 2.79. The highest BCUT2D eigenvalue weighted by atomic mass is 32.1. The molecule has 0 aliphatic heterocycles. The summed E-state index contributed by atoms with van der Waals surface area (Å²) in [5, 5.41) is 15.9. The van der Waals surface area contributed by atoms with E-state index in [1.54, 1.807) is 0 Å². The van der Waals surface area contributed by atoms with Gasteiger partial charge in [0.05, 0.1) is 5.71 Å². The van der Waals surface area contributed by atoms with Crippen LogP contribution >= 0.6 is 12.2 Å². The Bertz CT molecular complexity index is 261. The summed E-state index contributed by atoms with van der Waals surface area (Å²) in [5.41, 5.74) is 9.05. The Morgan fingerprint density at radius 1 is 1.38 bits per heavy atom. The molecule has 1 fully saturated rings. The van der Waals surface area contributed by atoms with E-state index >= 15 is 0 Å². The minimum Gasteiger partial charge on any atom is -0.411 e. The molecule has 1 saturated carbocycles. The largest absolute Gasteiger partial charge is 0.411 e. The molecule has 1 rings (SSSR count). The Morgan fingerprint density at radius 2 is 2.00 bits per heavy atom. The number of hydrogen-bond acceptors (Lipinski definition) is 4. The Hall–Kier alpha value is -1.17. The first-order valence-corrected chi connectivity index (χ1v) is 4.48. The van der Waals surface area contributed by atoms with Crippen molar-refractivity contribution in [1.29, 1.82) is 0 Å². The van der Waals surface area contributed by atoms with E-state index in [0.717, 1.165) is 31.4 Å². The standard InChI is InChI=1S/C7H12N4OS/c8-7(13)10-9-5-3-1-2-4-6(5)11-12/h12H,1-4H2,(H3,8,10,13). The average Bonchev–Trinajstić information content (AvgIpc) is 2.15. The van der Waals surface area contributed by atoms with Crippen LogP contribution in [0.4, 0.5) is 0 Å². The molecule has 1 aliphatic rings. The molecule has 0 radical (unpaired) electrons. The van der Waals surface area contributed by atoms with Crippen LogP contribution in [0.3, 0.4) is 0 Å². The lowest BCUT2D eigenvalue weighted by molar-refractivity contribution is 0.318. The van der Waals surface area contributed by atoms with Gasteiger partial charge in [0.1, 0.15) is 5.71 Å². The third kappa shape index (κ3) is 2.98. The maximum absolute atomic E-state index is 8.64. The number of nitrogens with two attached hydrogens (primary N) is 1. The molecule has 0 aromatic rings. The van der Waals surface area contributed by atoms with Gasteiger partial charge in [-0.3, -0.25) is 5.43 Å². The predicted molar refractivity (Wildman–Crippen MR) is 55.0 cm³/mol. The summed E-state index contributed by atoms with van der Waals surface area (Å²) >= 11 is 4.60. The molecule has 5 nitrogen and oxygen atoms in total. The fourth-order valence-electron chi connectivity index (χ4n) is 1.22. The van der Waals surface area contributed by atoms with E-state index in [0.29, 0.717) is 5.71 Å². The summed E-state index contributed by atoms with van der Waals surface area (Å²) in [4.78, 5) is 0. The van der Waals surface area contributed by atoms with Gasteiger partial charge in [0, 0.05) is 0 Å². The molecule has 13 heavy (non-hydrogen) atoms. The molecule has 0 saturated heterocycles. The van der Waals surface area contributed by atoms with Gasteiger partial charge in [-0.05, 0) is 37.9 Å². The van der Waals surface area contributed by atoms with Crippen LogP contribution in [0.15, 0.2) is 10.3 Å². The minimum absolute atomic E-state index is 0.121. The molecule has 72 valence electrons. The molecule has 4 N–H and O–H groups in total. The lowest BCUT2D eigenvalue weighted by atomic mass is 9.97. The molecule has 0 heterocycles. The zero-order chi connectivity index (χ0) is 9.68. The quantitative estimate of drug-likeness (QED) is 0.328. The lowest BCUT2D eigenvalue weighted by Gasteiger charge is -2.13. The van der Waals surface area contributed by atoms with Crippen LogP contribution in [-0.2, 0) is 0 Å².